The van der Waals surface area contributed by atoms with E-state index in [1.165, 1.54) is 32.1 Å². The van der Waals surface area contributed by atoms with E-state index in [9.17, 15) is 5.26 Å². The highest BCUT2D eigenvalue weighted by atomic mass is 15.0. The largest absolute Gasteiger partial charge is 0.297 e. The third-order valence-electron chi connectivity index (χ3n) is 4.25. The Morgan fingerprint density at radius 3 is 2.19 bits per heavy atom. The van der Waals surface area contributed by atoms with Gasteiger partial charge in [-0.05, 0) is 43.9 Å². The number of hydrogen-bond donors (Lipinski definition) is 1. The van der Waals surface area contributed by atoms with Gasteiger partial charge in [0.15, 0.2) is 0 Å². The quantitative estimate of drug-likeness (QED) is 0.775. The van der Waals surface area contributed by atoms with E-state index in [2.05, 4.69) is 25.2 Å². The Hall–Kier alpha value is -0.550. The van der Waals surface area contributed by atoms with Crippen LogP contribution in [0.4, 0.5) is 0 Å². The average molecular weight is 220 g/mol. The van der Waals surface area contributed by atoms with Crippen molar-refractivity contribution in [2.24, 2.45) is 11.8 Å². The highest BCUT2D eigenvalue weighted by Gasteiger charge is 2.39. The van der Waals surface area contributed by atoms with E-state index in [4.69, 9.17) is 0 Å². The average Bonchev–Trinajstić information content (AvgIpc) is 2.68. The molecule has 1 N–H and O–H groups in total. The summed E-state index contributed by atoms with van der Waals surface area (Å²) in [5, 5.41) is 13.2. The second-order valence-corrected chi connectivity index (χ2v) is 6.17. The molecule has 0 amide bonds. The van der Waals surface area contributed by atoms with Crippen LogP contribution in [-0.2, 0) is 0 Å². The Morgan fingerprint density at radius 1 is 1.12 bits per heavy atom. The minimum Gasteiger partial charge on any atom is -0.297 e. The van der Waals surface area contributed by atoms with Crippen LogP contribution in [0.25, 0.3) is 0 Å². The lowest BCUT2D eigenvalue weighted by atomic mass is 9.72. The van der Waals surface area contributed by atoms with Gasteiger partial charge in [-0.1, -0.05) is 26.7 Å². The first kappa shape index (κ1) is 11.9. The number of rotatable bonds is 2. The molecule has 0 aromatic heterocycles. The smallest absolute Gasteiger partial charge is 0.107 e. The highest BCUT2D eigenvalue weighted by molar-refractivity contribution is 5.11. The maximum Gasteiger partial charge on any atom is 0.107 e. The van der Waals surface area contributed by atoms with E-state index in [1.807, 2.05) is 0 Å². The van der Waals surface area contributed by atoms with Gasteiger partial charge in [0, 0.05) is 6.04 Å². The Bertz CT molecular complexity index is 263. The number of nitrogens with zero attached hydrogens (tertiary/aromatic N) is 1. The minimum absolute atomic E-state index is 0.216. The molecular weight excluding hydrogens is 196 g/mol. The summed E-state index contributed by atoms with van der Waals surface area (Å²) in [6.07, 6.45) is 8.59. The molecule has 2 aliphatic carbocycles. The van der Waals surface area contributed by atoms with Gasteiger partial charge in [0.05, 0.1) is 6.07 Å². The number of nitrogens with one attached hydrogen (secondary N) is 1. The summed E-state index contributed by atoms with van der Waals surface area (Å²) in [5.41, 5.74) is -0.216. The zero-order valence-electron chi connectivity index (χ0n) is 10.6. The fourth-order valence-corrected chi connectivity index (χ4v) is 3.83. The van der Waals surface area contributed by atoms with Crippen LogP contribution in [0, 0.1) is 23.2 Å². The van der Waals surface area contributed by atoms with Crippen molar-refractivity contribution >= 4 is 0 Å². The third-order valence-corrected chi connectivity index (χ3v) is 4.25. The molecular formula is C14H24N2. The predicted octanol–water partition coefficient (Wildman–Crippen LogP) is 3.24. The Kier molecular flexibility index (Phi) is 3.54. The van der Waals surface area contributed by atoms with Crippen LogP contribution in [0.5, 0.6) is 0 Å². The van der Waals surface area contributed by atoms with Crippen molar-refractivity contribution in [3.8, 4) is 6.07 Å². The second kappa shape index (κ2) is 4.75. The molecule has 2 unspecified atom stereocenters. The molecule has 2 rings (SSSR count). The SMILES string of the molecule is CC1CC(C)CC(C#N)(NC2CCCC2)C1. The lowest BCUT2D eigenvalue weighted by Crippen LogP contribution is -2.52. The zero-order valence-corrected chi connectivity index (χ0v) is 10.6. The normalized spacial score (nSPS) is 40.8. The van der Waals surface area contributed by atoms with Crippen LogP contribution >= 0.6 is 0 Å². The minimum atomic E-state index is -0.216. The molecule has 2 fully saturated rings. The molecule has 0 aromatic carbocycles. The summed E-state index contributed by atoms with van der Waals surface area (Å²) in [7, 11) is 0. The first-order chi connectivity index (χ1) is 7.63. The van der Waals surface area contributed by atoms with Crippen molar-refractivity contribution in [1.29, 1.82) is 5.26 Å². The van der Waals surface area contributed by atoms with Crippen LogP contribution in [0.3, 0.4) is 0 Å². The van der Waals surface area contributed by atoms with Gasteiger partial charge in [-0.15, -0.1) is 0 Å². The molecule has 0 heterocycles. The summed E-state index contributed by atoms with van der Waals surface area (Å²) in [5.74, 6) is 1.38. The number of nitriles is 1. The molecule has 2 aliphatic rings. The topological polar surface area (TPSA) is 35.8 Å². The van der Waals surface area contributed by atoms with E-state index < -0.39 is 0 Å². The third kappa shape index (κ3) is 2.58. The van der Waals surface area contributed by atoms with Gasteiger partial charge in [-0.25, -0.2) is 0 Å². The first-order valence-electron chi connectivity index (χ1n) is 6.82. The van der Waals surface area contributed by atoms with Crippen molar-refractivity contribution in [2.75, 3.05) is 0 Å². The Labute approximate surface area is 99.4 Å². The summed E-state index contributed by atoms with van der Waals surface area (Å²) in [6, 6.07) is 3.20. The molecule has 0 aliphatic heterocycles. The summed E-state index contributed by atoms with van der Waals surface area (Å²) < 4.78 is 0. The van der Waals surface area contributed by atoms with E-state index in [1.54, 1.807) is 0 Å². The summed E-state index contributed by atoms with van der Waals surface area (Å²) in [4.78, 5) is 0. The van der Waals surface area contributed by atoms with Gasteiger partial charge in [-0.3, -0.25) is 5.32 Å². The lowest BCUT2D eigenvalue weighted by molar-refractivity contribution is 0.175. The Morgan fingerprint density at radius 2 is 1.69 bits per heavy atom. The van der Waals surface area contributed by atoms with Crippen LogP contribution < -0.4 is 5.32 Å². The van der Waals surface area contributed by atoms with Gasteiger partial charge in [-0.2, -0.15) is 5.26 Å². The highest BCUT2D eigenvalue weighted by Crippen LogP contribution is 2.37. The van der Waals surface area contributed by atoms with Gasteiger partial charge < -0.3 is 0 Å². The molecule has 2 saturated carbocycles. The maximum atomic E-state index is 9.52. The monoisotopic (exact) mass is 220 g/mol. The van der Waals surface area contributed by atoms with Crippen molar-refractivity contribution in [2.45, 2.75) is 70.4 Å². The van der Waals surface area contributed by atoms with Crippen LogP contribution in [0.2, 0.25) is 0 Å². The maximum absolute atomic E-state index is 9.52. The molecule has 16 heavy (non-hydrogen) atoms. The van der Waals surface area contributed by atoms with E-state index in [0.29, 0.717) is 17.9 Å². The molecule has 2 heteroatoms. The van der Waals surface area contributed by atoms with Crippen LogP contribution in [0.15, 0.2) is 0 Å². The predicted molar refractivity (Wildman–Crippen MR) is 65.9 cm³/mol. The molecule has 0 spiro atoms. The van der Waals surface area contributed by atoms with Gasteiger partial charge in [0.25, 0.3) is 0 Å². The molecule has 2 nitrogen and oxygen atoms in total. The van der Waals surface area contributed by atoms with Gasteiger partial charge in [0.2, 0.25) is 0 Å². The lowest BCUT2D eigenvalue weighted by Gasteiger charge is -2.40. The first-order valence-corrected chi connectivity index (χ1v) is 6.82. The van der Waals surface area contributed by atoms with Crippen molar-refractivity contribution in [1.82, 2.24) is 5.32 Å². The summed E-state index contributed by atoms with van der Waals surface area (Å²) >= 11 is 0. The molecule has 2 atom stereocenters. The molecule has 0 saturated heterocycles. The zero-order chi connectivity index (χ0) is 11.6. The molecule has 0 aromatic rings. The van der Waals surface area contributed by atoms with Crippen LogP contribution in [0.1, 0.15) is 58.8 Å². The fraction of sp³-hybridized carbons (Fsp3) is 0.929. The van der Waals surface area contributed by atoms with Gasteiger partial charge >= 0.3 is 0 Å². The number of hydrogen-bond acceptors (Lipinski definition) is 2. The van der Waals surface area contributed by atoms with Crippen molar-refractivity contribution in [3.63, 3.8) is 0 Å². The van der Waals surface area contributed by atoms with Crippen molar-refractivity contribution < 1.29 is 0 Å². The van der Waals surface area contributed by atoms with Crippen molar-refractivity contribution in [3.05, 3.63) is 0 Å². The van der Waals surface area contributed by atoms with Crippen LogP contribution in [-0.4, -0.2) is 11.6 Å². The van der Waals surface area contributed by atoms with E-state index >= 15 is 0 Å². The Balaban J connectivity index is 2.03. The molecule has 90 valence electrons. The van der Waals surface area contributed by atoms with E-state index in [0.717, 1.165) is 12.8 Å². The summed E-state index contributed by atoms with van der Waals surface area (Å²) in [6.45, 7) is 4.58. The molecule has 0 radical (unpaired) electrons. The second-order valence-electron chi connectivity index (χ2n) is 6.17. The molecule has 0 bridgehead atoms. The standard InChI is InChI=1S/C14H24N2/c1-11-7-12(2)9-14(8-11,10-15)16-13-5-3-4-6-13/h11-13,16H,3-9H2,1-2H3. The van der Waals surface area contributed by atoms with Gasteiger partial charge in [0.1, 0.15) is 5.54 Å². The van der Waals surface area contributed by atoms with E-state index in [-0.39, 0.29) is 5.54 Å². The fourth-order valence-electron chi connectivity index (χ4n) is 3.83.